The Morgan fingerprint density at radius 1 is 1.20 bits per heavy atom. The standard InChI is InChI=1S/C20H37NO3Si/c1-19(2,3)24-18(22)21-13-9-10-16(15-11-12-15)17(21)14-23-25(7,8)20(4,5)6/h10,15,17H,9,11-14H2,1-8H3. The Morgan fingerprint density at radius 3 is 2.28 bits per heavy atom. The molecule has 1 heterocycles. The summed E-state index contributed by atoms with van der Waals surface area (Å²) in [5.74, 6) is 0.637. The lowest BCUT2D eigenvalue weighted by atomic mass is 9.96. The van der Waals surface area contributed by atoms with Gasteiger partial charge in [-0.1, -0.05) is 26.8 Å². The van der Waals surface area contributed by atoms with E-state index in [2.05, 4.69) is 39.9 Å². The molecule has 0 radical (unpaired) electrons. The van der Waals surface area contributed by atoms with E-state index in [1.807, 2.05) is 25.7 Å². The van der Waals surface area contributed by atoms with E-state index < -0.39 is 13.9 Å². The second-order valence-corrected chi connectivity index (χ2v) is 14.8. The Morgan fingerprint density at radius 2 is 1.80 bits per heavy atom. The zero-order valence-corrected chi connectivity index (χ0v) is 18.4. The molecular formula is C20H37NO3Si. The summed E-state index contributed by atoms with van der Waals surface area (Å²) in [6.45, 7) is 18.4. The SMILES string of the molecule is CC(C)(C)OC(=O)N1CCC=C(C2CC2)C1CO[Si](C)(C)C(C)(C)C. The molecule has 4 nitrogen and oxygen atoms in total. The van der Waals surface area contributed by atoms with Gasteiger partial charge in [0.2, 0.25) is 0 Å². The number of ether oxygens (including phenoxy) is 1. The molecule has 1 aliphatic heterocycles. The Bertz CT molecular complexity index is 524. The molecule has 1 fully saturated rings. The number of rotatable bonds is 4. The number of carbonyl (C=O) groups is 1. The zero-order chi connectivity index (χ0) is 19.0. The fraction of sp³-hybridized carbons (Fsp3) is 0.850. The lowest BCUT2D eigenvalue weighted by molar-refractivity contribution is 0.0125. The van der Waals surface area contributed by atoms with Gasteiger partial charge in [0.05, 0.1) is 12.6 Å². The van der Waals surface area contributed by atoms with Crippen molar-refractivity contribution >= 4 is 14.4 Å². The first-order valence-corrected chi connectivity index (χ1v) is 12.6. The van der Waals surface area contributed by atoms with Crippen LogP contribution in [-0.2, 0) is 9.16 Å². The minimum atomic E-state index is -1.85. The van der Waals surface area contributed by atoms with Gasteiger partial charge in [-0.2, -0.15) is 0 Å². The molecule has 0 spiro atoms. The molecule has 1 saturated carbocycles. The van der Waals surface area contributed by atoms with Crippen LogP contribution in [0, 0.1) is 5.92 Å². The van der Waals surface area contributed by atoms with Crippen molar-refractivity contribution in [3.63, 3.8) is 0 Å². The fourth-order valence-electron chi connectivity index (χ4n) is 2.93. The van der Waals surface area contributed by atoms with E-state index in [4.69, 9.17) is 9.16 Å². The van der Waals surface area contributed by atoms with E-state index in [9.17, 15) is 4.79 Å². The second kappa shape index (κ2) is 7.07. The first kappa shape index (κ1) is 20.5. The third-order valence-corrected chi connectivity index (χ3v) is 10.1. The highest BCUT2D eigenvalue weighted by molar-refractivity contribution is 6.74. The lowest BCUT2D eigenvalue weighted by Gasteiger charge is -2.41. The first-order valence-electron chi connectivity index (χ1n) is 9.65. The van der Waals surface area contributed by atoms with Gasteiger partial charge in [0.1, 0.15) is 5.60 Å². The number of nitrogens with zero attached hydrogens (tertiary/aromatic N) is 1. The molecule has 0 aromatic rings. The summed E-state index contributed by atoms with van der Waals surface area (Å²) < 4.78 is 12.2. The summed E-state index contributed by atoms with van der Waals surface area (Å²) in [4.78, 5) is 14.7. The number of amides is 1. The van der Waals surface area contributed by atoms with Gasteiger partial charge >= 0.3 is 6.09 Å². The van der Waals surface area contributed by atoms with Gasteiger partial charge in [0, 0.05) is 6.54 Å². The van der Waals surface area contributed by atoms with Gasteiger partial charge in [-0.05, 0) is 69.7 Å². The average molecular weight is 368 g/mol. The van der Waals surface area contributed by atoms with Crippen LogP contribution in [0.1, 0.15) is 60.8 Å². The molecule has 1 unspecified atom stereocenters. The summed E-state index contributed by atoms with van der Waals surface area (Å²) in [7, 11) is -1.85. The van der Waals surface area contributed by atoms with Crippen LogP contribution in [0.4, 0.5) is 4.79 Å². The van der Waals surface area contributed by atoms with Crippen molar-refractivity contribution in [2.24, 2.45) is 5.92 Å². The van der Waals surface area contributed by atoms with Crippen LogP contribution < -0.4 is 0 Å². The Kier molecular flexibility index (Phi) is 5.79. The summed E-state index contributed by atoms with van der Waals surface area (Å²) in [6, 6.07) is 0.0326. The zero-order valence-electron chi connectivity index (χ0n) is 17.4. The smallest absolute Gasteiger partial charge is 0.410 e. The largest absolute Gasteiger partial charge is 0.444 e. The molecule has 2 aliphatic rings. The predicted molar refractivity (Wildman–Crippen MR) is 105 cm³/mol. The maximum Gasteiger partial charge on any atom is 0.410 e. The molecule has 0 N–H and O–H groups in total. The average Bonchev–Trinajstić information content (AvgIpc) is 3.26. The van der Waals surface area contributed by atoms with E-state index in [0.29, 0.717) is 12.5 Å². The quantitative estimate of drug-likeness (QED) is 0.496. The van der Waals surface area contributed by atoms with Gasteiger partial charge in [-0.15, -0.1) is 0 Å². The Balaban J connectivity index is 2.16. The topological polar surface area (TPSA) is 38.8 Å². The molecule has 1 atom stereocenters. The van der Waals surface area contributed by atoms with Gasteiger partial charge in [-0.25, -0.2) is 4.79 Å². The molecule has 0 aromatic heterocycles. The number of carbonyl (C=O) groups excluding carboxylic acids is 1. The normalized spacial score (nSPS) is 22.6. The van der Waals surface area contributed by atoms with Gasteiger partial charge < -0.3 is 9.16 Å². The lowest BCUT2D eigenvalue weighted by Crippen LogP contribution is -2.51. The van der Waals surface area contributed by atoms with Gasteiger partial charge in [-0.3, -0.25) is 4.90 Å². The van der Waals surface area contributed by atoms with Crippen molar-refractivity contribution in [2.45, 2.75) is 90.6 Å². The van der Waals surface area contributed by atoms with Crippen molar-refractivity contribution < 1.29 is 14.0 Å². The predicted octanol–water partition coefficient (Wildman–Crippen LogP) is 5.35. The summed E-state index contributed by atoms with van der Waals surface area (Å²) in [6.07, 6.45) is 5.54. The molecule has 1 aliphatic carbocycles. The molecular weight excluding hydrogens is 330 g/mol. The molecule has 5 heteroatoms. The van der Waals surface area contributed by atoms with E-state index in [1.54, 1.807) is 0 Å². The number of hydrogen-bond donors (Lipinski definition) is 0. The molecule has 2 rings (SSSR count). The summed E-state index contributed by atoms with van der Waals surface area (Å²) in [5, 5.41) is 0.169. The molecule has 0 saturated heterocycles. The van der Waals surface area contributed by atoms with Crippen LogP contribution in [0.3, 0.4) is 0 Å². The van der Waals surface area contributed by atoms with E-state index >= 15 is 0 Å². The third kappa shape index (κ3) is 5.33. The first-order chi connectivity index (χ1) is 11.3. The highest BCUT2D eigenvalue weighted by Crippen LogP contribution is 2.42. The number of hydrogen-bond acceptors (Lipinski definition) is 3. The fourth-order valence-corrected chi connectivity index (χ4v) is 3.93. The molecule has 0 bridgehead atoms. The van der Waals surface area contributed by atoms with Crippen LogP contribution in [-0.4, -0.2) is 44.1 Å². The van der Waals surface area contributed by atoms with Crippen LogP contribution in [0.25, 0.3) is 0 Å². The van der Waals surface area contributed by atoms with E-state index in [0.717, 1.165) is 13.0 Å². The Labute approximate surface area is 155 Å². The summed E-state index contributed by atoms with van der Waals surface area (Å²) in [5.41, 5.74) is 0.929. The van der Waals surface area contributed by atoms with Crippen molar-refractivity contribution in [3.05, 3.63) is 11.6 Å². The van der Waals surface area contributed by atoms with Crippen LogP contribution >= 0.6 is 0 Å². The maximum atomic E-state index is 12.8. The van der Waals surface area contributed by atoms with E-state index in [-0.39, 0.29) is 17.2 Å². The highest BCUT2D eigenvalue weighted by atomic mass is 28.4. The second-order valence-electron chi connectivity index (χ2n) is 10.0. The minimum absolute atomic E-state index is 0.0326. The van der Waals surface area contributed by atoms with Crippen molar-refractivity contribution in [1.29, 1.82) is 0 Å². The third-order valence-electron chi connectivity index (χ3n) is 5.60. The van der Waals surface area contributed by atoms with Crippen LogP contribution in [0.15, 0.2) is 11.6 Å². The van der Waals surface area contributed by atoms with Crippen molar-refractivity contribution in [1.82, 2.24) is 4.90 Å². The monoisotopic (exact) mass is 367 g/mol. The van der Waals surface area contributed by atoms with Crippen LogP contribution in [0.2, 0.25) is 18.1 Å². The summed E-state index contributed by atoms with van der Waals surface area (Å²) >= 11 is 0. The molecule has 144 valence electrons. The van der Waals surface area contributed by atoms with E-state index in [1.165, 1.54) is 18.4 Å². The maximum absolute atomic E-state index is 12.8. The molecule has 25 heavy (non-hydrogen) atoms. The Hall–Kier alpha value is -0.813. The van der Waals surface area contributed by atoms with Gasteiger partial charge in [0.25, 0.3) is 0 Å². The molecule has 0 aromatic carbocycles. The van der Waals surface area contributed by atoms with Crippen molar-refractivity contribution in [3.8, 4) is 0 Å². The van der Waals surface area contributed by atoms with Crippen molar-refractivity contribution in [2.75, 3.05) is 13.2 Å². The highest BCUT2D eigenvalue weighted by Gasteiger charge is 2.42. The molecule has 1 amide bonds. The van der Waals surface area contributed by atoms with Gasteiger partial charge in [0.15, 0.2) is 8.32 Å². The van der Waals surface area contributed by atoms with Crippen LogP contribution in [0.5, 0.6) is 0 Å². The minimum Gasteiger partial charge on any atom is -0.444 e.